The van der Waals surface area contributed by atoms with Crippen molar-refractivity contribution in [3.63, 3.8) is 0 Å². The molecule has 1 aliphatic rings. The topological polar surface area (TPSA) is 46.6 Å². The third-order valence-electron chi connectivity index (χ3n) is 3.17. The molecule has 1 aromatic carbocycles. The van der Waals surface area contributed by atoms with Gasteiger partial charge in [0.15, 0.2) is 0 Å². The third-order valence-corrected chi connectivity index (χ3v) is 5.19. The lowest BCUT2D eigenvalue weighted by Crippen LogP contribution is -2.35. The van der Waals surface area contributed by atoms with Gasteiger partial charge in [0.25, 0.3) is 0 Å². The highest BCUT2D eigenvalue weighted by molar-refractivity contribution is 7.89. The highest BCUT2D eigenvalue weighted by atomic mass is 35.5. The summed E-state index contributed by atoms with van der Waals surface area (Å²) in [7, 11) is -3.38. The summed E-state index contributed by atoms with van der Waals surface area (Å²) in [6.07, 6.45) is 2.96. The van der Waals surface area contributed by atoms with Crippen molar-refractivity contribution in [2.45, 2.75) is 24.2 Å². The standard InChI is InChI=1S/C14H18ClNO3S/c1-12(15)11-19-13-5-7-14(8-6-13)20(17,18)16-9-3-2-4-10-16/h5-8H,1-4,9-11H2. The van der Waals surface area contributed by atoms with Gasteiger partial charge in [-0.25, -0.2) is 8.42 Å². The second-order valence-corrected chi connectivity index (χ2v) is 7.21. The Kier molecular flexibility index (Phi) is 5.07. The molecule has 1 heterocycles. The Morgan fingerprint density at radius 3 is 2.35 bits per heavy atom. The van der Waals surface area contributed by atoms with Gasteiger partial charge >= 0.3 is 0 Å². The number of piperidine rings is 1. The maximum atomic E-state index is 12.4. The Morgan fingerprint density at radius 2 is 1.80 bits per heavy atom. The summed E-state index contributed by atoms with van der Waals surface area (Å²) >= 11 is 5.61. The minimum Gasteiger partial charge on any atom is -0.488 e. The van der Waals surface area contributed by atoms with Crippen molar-refractivity contribution in [3.05, 3.63) is 35.9 Å². The van der Waals surface area contributed by atoms with Crippen LogP contribution in [0.3, 0.4) is 0 Å². The Balaban J connectivity index is 2.10. The fraction of sp³-hybridized carbons (Fsp3) is 0.429. The minimum absolute atomic E-state index is 0.208. The Labute approximate surface area is 125 Å². The van der Waals surface area contributed by atoms with Gasteiger partial charge in [-0.1, -0.05) is 24.6 Å². The first-order valence-corrected chi connectivity index (χ1v) is 8.38. The maximum Gasteiger partial charge on any atom is 0.243 e. The van der Waals surface area contributed by atoms with Gasteiger partial charge in [-0.15, -0.1) is 0 Å². The molecule has 1 saturated heterocycles. The quantitative estimate of drug-likeness (QED) is 0.839. The summed E-state index contributed by atoms with van der Waals surface area (Å²) < 4.78 is 31.7. The number of hydrogen-bond donors (Lipinski definition) is 0. The fourth-order valence-corrected chi connectivity index (χ4v) is 3.70. The monoisotopic (exact) mass is 315 g/mol. The van der Waals surface area contributed by atoms with Crippen molar-refractivity contribution in [1.29, 1.82) is 0 Å². The van der Waals surface area contributed by atoms with Gasteiger partial charge < -0.3 is 4.74 Å². The summed E-state index contributed by atoms with van der Waals surface area (Å²) in [4.78, 5) is 0.302. The van der Waals surface area contributed by atoms with E-state index in [1.807, 2.05) is 0 Å². The van der Waals surface area contributed by atoms with Crippen LogP contribution >= 0.6 is 11.6 Å². The molecule has 6 heteroatoms. The Morgan fingerprint density at radius 1 is 1.20 bits per heavy atom. The van der Waals surface area contributed by atoms with Crippen molar-refractivity contribution in [2.75, 3.05) is 19.7 Å². The van der Waals surface area contributed by atoms with Crippen LogP contribution in [0.25, 0.3) is 0 Å². The molecule has 0 amide bonds. The zero-order valence-electron chi connectivity index (χ0n) is 11.2. The average molecular weight is 316 g/mol. The molecule has 0 atom stereocenters. The van der Waals surface area contributed by atoms with Crippen LogP contribution in [0.1, 0.15) is 19.3 Å². The van der Waals surface area contributed by atoms with Crippen molar-refractivity contribution in [3.8, 4) is 5.75 Å². The highest BCUT2D eigenvalue weighted by Crippen LogP contribution is 2.22. The summed E-state index contributed by atoms with van der Waals surface area (Å²) in [5.74, 6) is 0.574. The molecule has 1 fully saturated rings. The molecule has 4 nitrogen and oxygen atoms in total. The molecule has 0 saturated carbocycles. The minimum atomic E-state index is -3.38. The first kappa shape index (κ1) is 15.4. The van der Waals surface area contributed by atoms with E-state index in [9.17, 15) is 8.42 Å². The predicted octanol–water partition coefficient (Wildman–Crippen LogP) is 2.99. The number of rotatable bonds is 5. The van der Waals surface area contributed by atoms with Crippen LogP contribution in [0.2, 0.25) is 0 Å². The lowest BCUT2D eigenvalue weighted by atomic mass is 10.2. The molecule has 0 spiro atoms. The number of sulfonamides is 1. The lowest BCUT2D eigenvalue weighted by Gasteiger charge is -2.25. The van der Waals surface area contributed by atoms with E-state index >= 15 is 0 Å². The van der Waals surface area contributed by atoms with E-state index in [4.69, 9.17) is 16.3 Å². The lowest BCUT2D eigenvalue weighted by molar-refractivity contribution is 0.346. The average Bonchev–Trinajstić information content (AvgIpc) is 2.46. The fourth-order valence-electron chi connectivity index (χ4n) is 2.12. The summed E-state index contributed by atoms with van der Waals surface area (Å²) in [5.41, 5.74) is 0. The predicted molar refractivity (Wildman–Crippen MR) is 79.5 cm³/mol. The van der Waals surface area contributed by atoms with Crippen LogP contribution in [-0.4, -0.2) is 32.4 Å². The van der Waals surface area contributed by atoms with Crippen molar-refractivity contribution in [2.24, 2.45) is 0 Å². The Hall–Kier alpha value is -1.04. The van der Waals surface area contributed by atoms with Gasteiger partial charge in [0, 0.05) is 18.1 Å². The molecule has 0 aliphatic carbocycles. The molecule has 0 unspecified atom stereocenters. The molecule has 110 valence electrons. The van der Waals surface area contributed by atoms with Crippen LogP contribution in [0.4, 0.5) is 0 Å². The number of ether oxygens (including phenoxy) is 1. The highest BCUT2D eigenvalue weighted by Gasteiger charge is 2.25. The third kappa shape index (κ3) is 3.75. The van der Waals surface area contributed by atoms with Crippen LogP contribution < -0.4 is 4.74 Å². The van der Waals surface area contributed by atoms with E-state index in [0.717, 1.165) is 19.3 Å². The Bertz CT molecular complexity index is 563. The number of hydrogen-bond acceptors (Lipinski definition) is 3. The largest absolute Gasteiger partial charge is 0.488 e. The second-order valence-electron chi connectivity index (χ2n) is 4.74. The van der Waals surface area contributed by atoms with E-state index in [1.165, 1.54) is 0 Å². The molecule has 20 heavy (non-hydrogen) atoms. The molecule has 0 aromatic heterocycles. The van der Waals surface area contributed by atoms with Gasteiger partial charge in [0.05, 0.1) is 4.90 Å². The number of nitrogens with zero attached hydrogens (tertiary/aromatic N) is 1. The number of halogens is 1. The molecule has 0 N–H and O–H groups in total. The van der Waals surface area contributed by atoms with Crippen molar-refractivity contribution >= 4 is 21.6 Å². The van der Waals surface area contributed by atoms with Crippen molar-refractivity contribution < 1.29 is 13.2 Å². The molecular weight excluding hydrogens is 298 g/mol. The van der Waals surface area contributed by atoms with Crippen molar-refractivity contribution in [1.82, 2.24) is 4.31 Å². The first-order chi connectivity index (χ1) is 9.50. The summed E-state index contributed by atoms with van der Waals surface area (Å²) in [6, 6.07) is 6.40. The van der Waals surface area contributed by atoms with Gasteiger partial charge in [-0.3, -0.25) is 0 Å². The van der Waals surface area contributed by atoms with Crippen LogP contribution in [0.5, 0.6) is 5.75 Å². The summed E-state index contributed by atoms with van der Waals surface area (Å²) in [6.45, 7) is 4.94. The maximum absolute atomic E-state index is 12.4. The van der Waals surface area contributed by atoms with Gasteiger partial charge in [0.1, 0.15) is 12.4 Å². The van der Waals surface area contributed by atoms with E-state index < -0.39 is 10.0 Å². The molecule has 0 bridgehead atoms. The SMILES string of the molecule is C=C(Cl)COc1ccc(S(=O)(=O)N2CCCCC2)cc1. The smallest absolute Gasteiger partial charge is 0.243 e. The molecular formula is C14H18ClNO3S. The second kappa shape index (κ2) is 6.61. The molecule has 1 aromatic rings. The van der Waals surface area contributed by atoms with Crippen LogP contribution in [0.15, 0.2) is 40.8 Å². The summed E-state index contributed by atoms with van der Waals surface area (Å²) in [5, 5.41) is 0.398. The van der Waals surface area contributed by atoms with Crippen LogP contribution in [0, 0.1) is 0 Å². The van der Waals surface area contributed by atoms with Gasteiger partial charge in [0.2, 0.25) is 10.0 Å². The molecule has 1 aliphatic heterocycles. The van der Waals surface area contributed by atoms with Gasteiger partial charge in [-0.05, 0) is 37.1 Å². The van der Waals surface area contributed by atoms with E-state index in [0.29, 0.717) is 28.8 Å². The first-order valence-electron chi connectivity index (χ1n) is 6.56. The van der Waals surface area contributed by atoms with E-state index in [2.05, 4.69) is 6.58 Å². The number of benzene rings is 1. The zero-order chi connectivity index (χ0) is 14.6. The van der Waals surface area contributed by atoms with Crippen LogP contribution in [-0.2, 0) is 10.0 Å². The molecule has 2 rings (SSSR count). The van der Waals surface area contributed by atoms with Gasteiger partial charge in [-0.2, -0.15) is 4.31 Å². The van der Waals surface area contributed by atoms with E-state index in [1.54, 1.807) is 28.6 Å². The normalized spacial score (nSPS) is 16.9. The van der Waals surface area contributed by atoms with E-state index in [-0.39, 0.29) is 6.61 Å². The molecule has 0 radical (unpaired) electrons. The zero-order valence-corrected chi connectivity index (χ0v) is 12.8.